The van der Waals surface area contributed by atoms with Crippen LogP contribution in [-0.4, -0.2) is 28.5 Å². The van der Waals surface area contributed by atoms with E-state index in [4.69, 9.17) is 5.11 Å². The lowest BCUT2D eigenvalue weighted by molar-refractivity contribution is 0.0697. The number of hydrogen-bond acceptors (Lipinski definition) is 4. The van der Waals surface area contributed by atoms with E-state index in [-0.39, 0.29) is 11.5 Å². The van der Waals surface area contributed by atoms with Gasteiger partial charge in [-0.2, -0.15) is 0 Å². The number of amides is 1. The monoisotopic (exact) mass is 290 g/mol. The average molecular weight is 290 g/mol. The quantitative estimate of drug-likeness (QED) is 0.884. The standard InChI is InChI=1S/C14H14N2O3S/c1-9-16-12(8-20-9)5-6-15-13(17)10-3-2-4-11(7-10)14(18)19/h2-4,7-8H,5-6H2,1H3,(H,15,17)(H,18,19). The van der Waals surface area contributed by atoms with Crippen LogP contribution in [0.1, 0.15) is 31.4 Å². The zero-order chi connectivity index (χ0) is 14.5. The number of nitrogens with zero attached hydrogens (tertiary/aromatic N) is 1. The number of carbonyl (C=O) groups excluding carboxylic acids is 1. The van der Waals surface area contributed by atoms with Gasteiger partial charge in [-0.05, 0) is 25.1 Å². The molecule has 104 valence electrons. The zero-order valence-corrected chi connectivity index (χ0v) is 11.7. The fourth-order valence-corrected chi connectivity index (χ4v) is 2.37. The molecule has 0 atom stereocenters. The Balaban J connectivity index is 1.91. The number of benzene rings is 1. The molecular formula is C14H14N2O3S. The van der Waals surface area contributed by atoms with Gasteiger partial charge in [-0.15, -0.1) is 11.3 Å². The van der Waals surface area contributed by atoms with Crippen molar-refractivity contribution in [1.82, 2.24) is 10.3 Å². The van der Waals surface area contributed by atoms with Crippen LogP contribution in [0.4, 0.5) is 0 Å². The van der Waals surface area contributed by atoms with Crippen LogP contribution < -0.4 is 5.32 Å². The Bertz CT molecular complexity index is 637. The van der Waals surface area contributed by atoms with Gasteiger partial charge in [0.2, 0.25) is 0 Å². The van der Waals surface area contributed by atoms with Crippen molar-refractivity contribution in [3.05, 3.63) is 51.5 Å². The van der Waals surface area contributed by atoms with Gasteiger partial charge in [0.1, 0.15) is 0 Å². The second-order valence-electron chi connectivity index (χ2n) is 4.25. The molecule has 0 bridgehead atoms. The van der Waals surface area contributed by atoms with Crippen LogP contribution in [0.3, 0.4) is 0 Å². The molecule has 0 aliphatic heterocycles. The number of carboxylic acid groups (broad SMARTS) is 1. The molecule has 1 aromatic carbocycles. The molecule has 0 radical (unpaired) electrons. The third-order valence-corrected chi connectivity index (χ3v) is 3.53. The summed E-state index contributed by atoms with van der Waals surface area (Å²) in [6.45, 7) is 2.41. The molecule has 2 N–H and O–H groups in total. The smallest absolute Gasteiger partial charge is 0.335 e. The first-order valence-electron chi connectivity index (χ1n) is 6.09. The van der Waals surface area contributed by atoms with Crippen LogP contribution in [0, 0.1) is 6.92 Å². The van der Waals surface area contributed by atoms with Crippen LogP contribution in [0.15, 0.2) is 29.6 Å². The highest BCUT2D eigenvalue weighted by Gasteiger charge is 2.09. The molecule has 0 aliphatic rings. The predicted octanol–water partition coefficient (Wildman–Crippen LogP) is 2.12. The van der Waals surface area contributed by atoms with E-state index in [0.29, 0.717) is 18.5 Å². The molecule has 2 rings (SSSR count). The lowest BCUT2D eigenvalue weighted by Crippen LogP contribution is -2.26. The van der Waals surface area contributed by atoms with E-state index >= 15 is 0 Å². The van der Waals surface area contributed by atoms with Crippen LogP contribution in [0.5, 0.6) is 0 Å². The SMILES string of the molecule is Cc1nc(CCNC(=O)c2cccc(C(=O)O)c2)cs1. The molecule has 0 fully saturated rings. The molecule has 5 nitrogen and oxygen atoms in total. The number of rotatable bonds is 5. The van der Waals surface area contributed by atoms with Gasteiger partial charge in [-0.25, -0.2) is 9.78 Å². The third kappa shape index (κ3) is 3.64. The van der Waals surface area contributed by atoms with Gasteiger partial charge in [0.25, 0.3) is 5.91 Å². The number of aromatic carboxylic acids is 1. The largest absolute Gasteiger partial charge is 0.478 e. The van der Waals surface area contributed by atoms with Crippen molar-refractivity contribution >= 4 is 23.2 Å². The number of nitrogens with one attached hydrogen (secondary N) is 1. The molecular weight excluding hydrogens is 276 g/mol. The summed E-state index contributed by atoms with van der Waals surface area (Å²) in [6, 6.07) is 5.97. The van der Waals surface area contributed by atoms with Gasteiger partial charge in [0.15, 0.2) is 0 Å². The molecule has 2 aromatic rings. The number of aryl methyl sites for hydroxylation is 1. The summed E-state index contributed by atoms with van der Waals surface area (Å²) in [6.07, 6.45) is 0.661. The Morgan fingerprint density at radius 2 is 2.10 bits per heavy atom. The van der Waals surface area contributed by atoms with Crippen LogP contribution in [0.25, 0.3) is 0 Å². The summed E-state index contributed by atoms with van der Waals surface area (Å²) >= 11 is 1.58. The normalized spacial score (nSPS) is 10.2. The van der Waals surface area contributed by atoms with Crippen molar-refractivity contribution in [2.24, 2.45) is 0 Å². The summed E-state index contributed by atoms with van der Waals surface area (Å²) in [7, 11) is 0. The van der Waals surface area contributed by atoms with Gasteiger partial charge in [0, 0.05) is 23.9 Å². The lowest BCUT2D eigenvalue weighted by atomic mass is 10.1. The van der Waals surface area contributed by atoms with Gasteiger partial charge < -0.3 is 10.4 Å². The third-order valence-electron chi connectivity index (χ3n) is 2.70. The van der Waals surface area contributed by atoms with Crippen LogP contribution in [0.2, 0.25) is 0 Å². The maximum Gasteiger partial charge on any atom is 0.335 e. The fraction of sp³-hybridized carbons (Fsp3) is 0.214. The van der Waals surface area contributed by atoms with E-state index < -0.39 is 5.97 Å². The van der Waals surface area contributed by atoms with Crippen LogP contribution in [-0.2, 0) is 6.42 Å². The first-order valence-corrected chi connectivity index (χ1v) is 6.97. The molecule has 1 heterocycles. The Morgan fingerprint density at radius 1 is 1.35 bits per heavy atom. The summed E-state index contributed by atoms with van der Waals surface area (Å²) < 4.78 is 0. The molecule has 0 aliphatic carbocycles. The molecule has 20 heavy (non-hydrogen) atoms. The highest BCUT2D eigenvalue weighted by molar-refractivity contribution is 7.09. The van der Waals surface area contributed by atoms with E-state index in [0.717, 1.165) is 10.7 Å². The first kappa shape index (κ1) is 14.2. The highest BCUT2D eigenvalue weighted by Crippen LogP contribution is 2.08. The number of aromatic nitrogens is 1. The average Bonchev–Trinajstić information content (AvgIpc) is 2.84. The first-order chi connectivity index (χ1) is 9.56. The minimum atomic E-state index is -1.04. The van der Waals surface area contributed by atoms with Gasteiger partial charge in [-0.3, -0.25) is 4.79 Å². The van der Waals surface area contributed by atoms with E-state index in [1.54, 1.807) is 23.5 Å². The summed E-state index contributed by atoms with van der Waals surface area (Å²) in [5.41, 5.74) is 1.40. The molecule has 6 heteroatoms. The number of hydrogen-bond donors (Lipinski definition) is 2. The topological polar surface area (TPSA) is 79.3 Å². The number of thiazole rings is 1. The molecule has 1 aromatic heterocycles. The summed E-state index contributed by atoms with van der Waals surface area (Å²) in [5, 5.41) is 14.6. The Kier molecular flexibility index (Phi) is 4.47. The minimum Gasteiger partial charge on any atom is -0.478 e. The van der Waals surface area contributed by atoms with Gasteiger partial charge in [-0.1, -0.05) is 6.07 Å². The zero-order valence-electron chi connectivity index (χ0n) is 10.9. The predicted molar refractivity (Wildman–Crippen MR) is 76.3 cm³/mol. The number of carboxylic acids is 1. The maximum atomic E-state index is 11.9. The molecule has 0 saturated heterocycles. The molecule has 1 amide bonds. The lowest BCUT2D eigenvalue weighted by Gasteiger charge is -2.04. The number of carbonyl (C=O) groups is 2. The minimum absolute atomic E-state index is 0.104. The van der Waals surface area contributed by atoms with Crippen molar-refractivity contribution in [2.75, 3.05) is 6.54 Å². The van der Waals surface area contributed by atoms with Gasteiger partial charge in [0.05, 0.1) is 16.3 Å². The van der Waals surface area contributed by atoms with Gasteiger partial charge >= 0.3 is 5.97 Å². The van der Waals surface area contributed by atoms with Crippen molar-refractivity contribution < 1.29 is 14.7 Å². The van der Waals surface area contributed by atoms with E-state index in [2.05, 4.69) is 10.3 Å². The fourth-order valence-electron chi connectivity index (χ4n) is 1.72. The highest BCUT2D eigenvalue weighted by atomic mass is 32.1. The molecule has 0 spiro atoms. The second-order valence-corrected chi connectivity index (χ2v) is 5.31. The second kappa shape index (κ2) is 6.29. The van der Waals surface area contributed by atoms with E-state index in [1.165, 1.54) is 12.1 Å². The Labute approximate surface area is 120 Å². The van der Waals surface area contributed by atoms with E-state index in [9.17, 15) is 9.59 Å². The summed E-state index contributed by atoms with van der Waals surface area (Å²) in [5.74, 6) is -1.32. The molecule has 0 unspecified atom stereocenters. The van der Waals surface area contributed by atoms with Crippen molar-refractivity contribution in [2.45, 2.75) is 13.3 Å². The van der Waals surface area contributed by atoms with Crippen molar-refractivity contribution in [1.29, 1.82) is 0 Å². The Morgan fingerprint density at radius 3 is 2.75 bits per heavy atom. The van der Waals surface area contributed by atoms with Crippen molar-refractivity contribution in [3.8, 4) is 0 Å². The van der Waals surface area contributed by atoms with E-state index in [1.807, 2.05) is 12.3 Å². The Hall–Kier alpha value is -2.21. The maximum absolute atomic E-state index is 11.9. The summed E-state index contributed by atoms with van der Waals surface area (Å²) in [4.78, 5) is 27.0. The molecule has 0 saturated carbocycles. The van der Waals surface area contributed by atoms with Crippen molar-refractivity contribution in [3.63, 3.8) is 0 Å². The van der Waals surface area contributed by atoms with Crippen LogP contribution >= 0.6 is 11.3 Å².